The molecule has 0 atom stereocenters. The number of hydrogen-bond donors (Lipinski definition) is 1. The predicted octanol–water partition coefficient (Wildman–Crippen LogP) is 5.46. The van der Waals surface area contributed by atoms with Crippen LogP contribution in [0.25, 0.3) is 32.9 Å². The van der Waals surface area contributed by atoms with E-state index in [4.69, 9.17) is 0 Å². The first-order valence-corrected chi connectivity index (χ1v) is 9.72. The molecule has 27 heavy (non-hydrogen) atoms. The van der Waals surface area contributed by atoms with E-state index in [0.717, 1.165) is 23.3 Å². The average molecular weight is 370 g/mol. The second kappa shape index (κ2) is 6.52. The van der Waals surface area contributed by atoms with Gasteiger partial charge in [0.15, 0.2) is 0 Å². The van der Waals surface area contributed by atoms with Gasteiger partial charge in [-0.3, -0.25) is 0 Å². The molecule has 0 aliphatic rings. The van der Waals surface area contributed by atoms with Crippen LogP contribution in [0.5, 0.6) is 0 Å². The van der Waals surface area contributed by atoms with E-state index in [1.807, 2.05) is 0 Å². The maximum Gasteiger partial charge on any atom is 0.137 e. The molecule has 132 valence electrons. The third-order valence-corrected chi connectivity index (χ3v) is 5.74. The second-order valence-electron chi connectivity index (χ2n) is 6.59. The summed E-state index contributed by atoms with van der Waals surface area (Å²) in [5.41, 5.74) is 4.55. The van der Waals surface area contributed by atoms with Gasteiger partial charge in [0.2, 0.25) is 0 Å². The summed E-state index contributed by atoms with van der Waals surface area (Å²) in [5, 5.41) is 7.84. The molecule has 0 amide bonds. The van der Waals surface area contributed by atoms with Crippen molar-refractivity contribution in [3.8, 4) is 11.1 Å². The Bertz CT molecular complexity index is 1240. The average Bonchev–Trinajstić information content (AvgIpc) is 3.36. The van der Waals surface area contributed by atoms with Crippen LogP contribution in [-0.4, -0.2) is 14.5 Å². The van der Waals surface area contributed by atoms with Gasteiger partial charge in [-0.2, -0.15) is 0 Å². The predicted molar refractivity (Wildman–Crippen MR) is 113 cm³/mol. The molecule has 2 aromatic carbocycles. The molecule has 0 aliphatic heterocycles. The van der Waals surface area contributed by atoms with Crippen molar-refractivity contribution in [2.75, 3.05) is 5.32 Å². The van der Waals surface area contributed by atoms with Crippen molar-refractivity contribution < 1.29 is 0 Å². The van der Waals surface area contributed by atoms with Gasteiger partial charge >= 0.3 is 0 Å². The van der Waals surface area contributed by atoms with E-state index < -0.39 is 0 Å². The lowest BCUT2D eigenvalue weighted by Crippen LogP contribution is -2.01. The van der Waals surface area contributed by atoms with Crippen LogP contribution in [-0.2, 0) is 13.6 Å². The number of aryl methyl sites for hydroxylation is 1. The number of aromatic nitrogens is 3. The lowest BCUT2D eigenvalue weighted by atomic mass is 10.0. The van der Waals surface area contributed by atoms with Crippen molar-refractivity contribution >= 4 is 39.0 Å². The Hall–Kier alpha value is -3.18. The van der Waals surface area contributed by atoms with Crippen molar-refractivity contribution in [1.82, 2.24) is 14.5 Å². The van der Waals surface area contributed by atoms with Crippen LogP contribution in [0.15, 0.2) is 72.5 Å². The lowest BCUT2D eigenvalue weighted by Gasteiger charge is -2.09. The quantitative estimate of drug-likeness (QED) is 0.457. The third kappa shape index (κ3) is 2.96. The SMILES string of the molecule is Cn1ccc2cc(-c3ccc4ncnc(NCc5cccs5)c4c3)ccc21. The van der Waals surface area contributed by atoms with Crippen LogP contribution in [0.1, 0.15) is 4.88 Å². The summed E-state index contributed by atoms with van der Waals surface area (Å²) in [6.07, 6.45) is 3.71. The highest BCUT2D eigenvalue weighted by molar-refractivity contribution is 7.09. The largest absolute Gasteiger partial charge is 0.365 e. The summed E-state index contributed by atoms with van der Waals surface area (Å²) >= 11 is 1.74. The van der Waals surface area contributed by atoms with Gasteiger partial charge in [0.05, 0.1) is 12.1 Å². The Kier molecular flexibility index (Phi) is 3.87. The van der Waals surface area contributed by atoms with Gasteiger partial charge in [-0.05, 0) is 52.9 Å². The van der Waals surface area contributed by atoms with Gasteiger partial charge in [-0.25, -0.2) is 9.97 Å². The molecule has 3 aromatic heterocycles. The number of nitrogens with one attached hydrogen (secondary N) is 1. The highest BCUT2D eigenvalue weighted by Gasteiger charge is 2.08. The minimum atomic E-state index is 0.768. The van der Waals surface area contributed by atoms with Crippen molar-refractivity contribution in [2.45, 2.75) is 6.54 Å². The Morgan fingerprint density at radius 3 is 2.78 bits per heavy atom. The van der Waals surface area contributed by atoms with Crippen molar-refractivity contribution in [3.05, 3.63) is 77.4 Å². The summed E-state index contributed by atoms with van der Waals surface area (Å²) in [6.45, 7) is 0.768. The number of benzene rings is 2. The molecule has 0 bridgehead atoms. The highest BCUT2D eigenvalue weighted by atomic mass is 32.1. The van der Waals surface area contributed by atoms with Crippen LogP contribution in [0.4, 0.5) is 5.82 Å². The van der Waals surface area contributed by atoms with Crippen molar-refractivity contribution in [2.24, 2.45) is 7.05 Å². The van der Waals surface area contributed by atoms with Gasteiger partial charge in [0.25, 0.3) is 0 Å². The van der Waals surface area contributed by atoms with Gasteiger partial charge in [0, 0.05) is 34.4 Å². The lowest BCUT2D eigenvalue weighted by molar-refractivity contribution is 0.969. The first-order chi connectivity index (χ1) is 13.3. The van der Waals surface area contributed by atoms with E-state index in [0.29, 0.717) is 0 Å². The number of nitrogens with zero attached hydrogens (tertiary/aromatic N) is 3. The summed E-state index contributed by atoms with van der Waals surface area (Å²) < 4.78 is 2.14. The number of anilines is 1. The molecule has 5 heteroatoms. The van der Waals surface area contributed by atoms with Gasteiger partial charge in [-0.15, -0.1) is 11.3 Å². The molecule has 0 radical (unpaired) electrons. The number of hydrogen-bond acceptors (Lipinski definition) is 4. The summed E-state index contributed by atoms with van der Waals surface area (Å²) in [6, 6.07) is 19.3. The van der Waals surface area contributed by atoms with E-state index in [9.17, 15) is 0 Å². The van der Waals surface area contributed by atoms with E-state index in [2.05, 4.69) is 93.1 Å². The van der Waals surface area contributed by atoms with Crippen LogP contribution in [0, 0.1) is 0 Å². The van der Waals surface area contributed by atoms with Crippen LogP contribution >= 0.6 is 11.3 Å². The standard InChI is InChI=1S/C22H18N4S/c1-26-9-8-17-11-15(5-7-21(17)26)16-4-6-20-19(12-16)22(25-14-24-20)23-13-18-3-2-10-27-18/h2-12,14H,13H2,1H3,(H,23,24,25). The minimum Gasteiger partial charge on any atom is -0.365 e. The fourth-order valence-corrected chi connectivity index (χ4v) is 4.07. The van der Waals surface area contributed by atoms with Crippen molar-refractivity contribution in [1.29, 1.82) is 0 Å². The first-order valence-electron chi connectivity index (χ1n) is 8.84. The van der Waals surface area contributed by atoms with E-state index in [1.54, 1.807) is 17.7 Å². The molecule has 3 heterocycles. The van der Waals surface area contributed by atoms with E-state index >= 15 is 0 Å². The molecule has 1 N–H and O–H groups in total. The number of rotatable bonds is 4. The fraction of sp³-hybridized carbons (Fsp3) is 0.0909. The van der Waals surface area contributed by atoms with Gasteiger partial charge in [0.1, 0.15) is 12.1 Å². The zero-order valence-corrected chi connectivity index (χ0v) is 15.7. The Morgan fingerprint density at radius 1 is 1.00 bits per heavy atom. The topological polar surface area (TPSA) is 42.7 Å². The Labute approximate surface area is 161 Å². The Balaban J connectivity index is 1.55. The molecule has 0 spiro atoms. The maximum atomic E-state index is 4.47. The molecule has 4 nitrogen and oxygen atoms in total. The first kappa shape index (κ1) is 16.0. The van der Waals surface area contributed by atoms with Crippen molar-refractivity contribution in [3.63, 3.8) is 0 Å². The van der Waals surface area contributed by atoms with Crippen LogP contribution in [0.3, 0.4) is 0 Å². The molecule has 0 unspecified atom stereocenters. The third-order valence-electron chi connectivity index (χ3n) is 4.86. The molecule has 0 saturated heterocycles. The molecular weight excluding hydrogens is 352 g/mol. The van der Waals surface area contributed by atoms with E-state index in [-0.39, 0.29) is 0 Å². The summed E-state index contributed by atoms with van der Waals surface area (Å²) in [4.78, 5) is 10.2. The zero-order valence-electron chi connectivity index (χ0n) is 14.9. The fourth-order valence-electron chi connectivity index (χ4n) is 3.42. The second-order valence-corrected chi connectivity index (χ2v) is 7.62. The zero-order chi connectivity index (χ0) is 18.2. The molecular formula is C22H18N4S. The summed E-state index contributed by atoms with van der Waals surface area (Å²) in [5.74, 6) is 0.871. The van der Waals surface area contributed by atoms with E-state index in [1.165, 1.54) is 26.9 Å². The number of thiophene rings is 1. The van der Waals surface area contributed by atoms with Gasteiger partial charge < -0.3 is 9.88 Å². The summed E-state index contributed by atoms with van der Waals surface area (Å²) in [7, 11) is 2.07. The molecule has 0 fully saturated rings. The maximum absolute atomic E-state index is 4.47. The molecule has 5 aromatic rings. The smallest absolute Gasteiger partial charge is 0.137 e. The van der Waals surface area contributed by atoms with Gasteiger partial charge in [-0.1, -0.05) is 18.2 Å². The molecule has 0 aliphatic carbocycles. The molecule has 0 saturated carbocycles. The molecule has 5 rings (SSSR count). The Morgan fingerprint density at radius 2 is 1.89 bits per heavy atom. The normalized spacial score (nSPS) is 11.3. The van der Waals surface area contributed by atoms with Crippen LogP contribution in [0.2, 0.25) is 0 Å². The highest BCUT2D eigenvalue weighted by Crippen LogP contribution is 2.29. The monoisotopic (exact) mass is 370 g/mol. The minimum absolute atomic E-state index is 0.768. The number of fused-ring (bicyclic) bond motifs is 2. The van der Waals surface area contributed by atoms with Crippen LogP contribution < -0.4 is 5.32 Å².